The van der Waals surface area contributed by atoms with E-state index < -0.39 is 5.97 Å². The van der Waals surface area contributed by atoms with Gasteiger partial charge in [-0.15, -0.1) is 0 Å². The molecule has 6 nitrogen and oxygen atoms in total. The van der Waals surface area contributed by atoms with Crippen LogP contribution in [0.3, 0.4) is 0 Å². The van der Waals surface area contributed by atoms with Gasteiger partial charge in [0.15, 0.2) is 6.61 Å². The maximum absolute atomic E-state index is 12.3. The van der Waals surface area contributed by atoms with Crippen LogP contribution < -0.4 is 15.8 Å². The van der Waals surface area contributed by atoms with E-state index in [4.69, 9.17) is 26.8 Å². The first-order chi connectivity index (χ1) is 12.4. The number of carbonyl (C=O) groups excluding carboxylic acids is 2. The maximum atomic E-state index is 12.3. The van der Waals surface area contributed by atoms with Crippen LogP contribution >= 0.6 is 11.6 Å². The predicted molar refractivity (Wildman–Crippen MR) is 99.2 cm³/mol. The van der Waals surface area contributed by atoms with Crippen LogP contribution in [-0.4, -0.2) is 31.6 Å². The monoisotopic (exact) mass is 380 g/mol. The molecule has 2 aliphatic carbocycles. The summed E-state index contributed by atoms with van der Waals surface area (Å²) in [6.45, 7) is 1.70. The van der Waals surface area contributed by atoms with Gasteiger partial charge in [-0.05, 0) is 50.0 Å². The molecule has 2 fully saturated rings. The highest BCUT2D eigenvalue weighted by Gasteiger charge is 2.42. The number of anilines is 1. The predicted octanol–water partition coefficient (Wildman–Crippen LogP) is 3.03. The molecule has 1 amide bonds. The Labute approximate surface area is 158 Å². The minimum absolute atomic E-state index is 0.0945. The van der Waals surface area contributed by atoms with Crippen LogP contribution in [0.25, 0.3) is 0 Å². The third-order valence-corrected chi connectivity index (χ3v) is 6.02. The summed E-state index contributed by atoms with van der Waals surface area (Å²) in [5, 5.41) is 3.20. The summed E-state index contributed by atoms with van der Waals surface area (Å²) >= 11 is 5.95. The van der Waals surface area contributed by atoms with Crippen LogP contribution in [0.1, 0.15) is 43.0 Å². The summed E-state index contributed by atoms with van der Waals surface area (Å²) < 4.78 is 10.3. The van der Waals surface area contributed by atoms with Crippen molar-refractivity contribution < 1.29 is 19.1 Å². The van der Waals surface area contributed by atoms with E-state index in [1.165, 1.54) is 44.9 Å². The molecule has 26 heavy (non-hydrogen) atoms. The minimum Gasteiger partial charge on any atom is -0.496 e. The Morgan fingerprint density at radius 3 is 2.73 bits per heavy atom. The second kappa shape index (κ2) is 7.74. The summed E-state index contributed by atoms with van der Waals surface area (Å²) in [6.07, 6.45) is 5.07. The fourth-order valence-electron chi connectivity index (χ4n) is 4.42. The lowest BCUT2D eigenvalue weighted by Gasteiger charge is -2.28. The van der Waals surface area contributed by atoms with Crippen LogP contribution in [0, 0.1) is 17.8 Å². The molecule has 0 heterocycles. The van der Waals surface area contributed by atoms with Gasteiger partial charge >= 0.3 is 5.97 Å². The minimum atomic E-state index is -0.675. The van der Waals surface area contributed by atoms with Gasteiger partial charge in [-0.2, -0.15) is 0 Å². The first-order valence-corrected chi connectivity index (χ1v) is 9.36. The fraction of sp³-hybridized carbons (Fsp3) is 0.579. The SMILES string of the molecule is COc1cc(N)c(Cl)cc1C(=O)OCC(=O)N[C@@H](C)[C@@H]1C[C@H]2CC[C@H]1C2. The Morgan fingerprint density at radius 2 is 2.12 bits per heavy atom. The molecule has 2 aliphatic rings. The Balaban J connectivity index is 1.53. The highest BCUT2D eigenvalue weighted by Crippen LogP contribution is 2.49. The van der Waals surface area contributed by atoms with Gasteiger partial charge in [-0.1, -0.05) is 18.0 Å². The second-order valence-electron chi connectivity index (χ2n) is 7.35. The number of carbonyl (C=O) groups is 2. The van der Waals surface area contributed by atoms with Gasteiger partial charge in [0.25, 0.3) is 5.91 Å². The summed E-state index contributed by atoms with van der Waals surface area (Å²) in [5.74, 6) is 1.36. The number of benzene rings is 1. The van der Waals surface area contributed by atoms with Crippen molar-refractivity contribution in [2.24, 2.45) is 17.8 Å². The van der Waals surface area contributed by atoms with E-state index in [-0.39, 0.29) is 34.9 Å². The Bertz CT molecular complexity index is 709. The van der Waals surface area contributed by atoms with Crippen molar-refractivity contribution in [1.29, 1.82) is 0 Å². The summed E-state index contributed by atoms with van der Waals surface area (Å²) in [5.41, 5.74) is 6.14. The fourth-order valence-corrected chi connectivity index (χ4v) is 4.58. The molecule has 0 saturated heterocycles. The molecule has 3 rings (SSSR count). The molecule has 1 aromatic rings. The van der Waals surface area contributed by atoms with Gasteiger partial charge in [0.05, 0.1) is 17.8 Å². The van der Waals surface area contributed by atoms with E-state index in [0.29, 0.717) is 11.6 Å². The molecule has 2 saturated carbocycles. The third-order valence-electron chi connectivity index (χ3n) is 5.70. The number of rotatable bonds is 6. The Morgan fingerprint density at radius 1 is 1.35 bits per heavy atom. The molecule has 1 aromatic carbocycles. The number of nitrogens with two attached hydrogens (primary N) is 1. The molecular formula is C19H25ClN2O4. The van der Waals surface area contributed by atoms with Gasteiger partial charge in [0.1, 0.15) is 11.3 Å². The molecule has 7 heteroatoms. The summed E-state index contributed by atoms with van der Waals surface area (Å²) in [4.78, 5) is 24.4. The van der Waals surface area contributed by atoms with Crippen molar-refractivity contribution >= 4 is 29.2 Å². The van der Waals surface area contributed by atoms with Crippen LogP contribution in [0.5, 0.6) is 5.75 Å². The lowest BCUT2D eigenvalue weighted by molar-refractivity contribution is -0.125. The van der Waals surface area contributed by atoms with Gasteiger partial charge in [0.2, 0.25) is 0 Å². The molecule has 0 unspecified atom stereocenters. The normalized spacial score (nSPS) is 25.0. The zero-order valence-corrected chi connectivity index (χ0v) is 15.8. The van der Waals surface area contributed by atoms with E-state index in [1.54, 1.807) is 0 Å². The van der Waals surface area contributed by atoms with Crippen molar-refractivity contribution in [3.8, 4) is 5.75 Å². The number of ether oxygens (including phenoxy) is 2. The van der Waals surface area contributed by atoms with Gasteiger partial charge in [-0.3, -0.25) is 4.79 Å². The van der Waals surface area contributed by atoms with Crippen molar-refractivity contribution in [1.82, 2.24) is 5.32 Å². The standard InChI is InChI=1S/C19H25ClN2O4/c1-10(13-6-11-3-4-12(13)5-11)22-18(23)9-26-19(24)14-7-15(20)16(21)8-17(14)25-2/h7-8,10-13H,3-6,9,21H2,1-2H3,(H,22,23)/t10-,11-,12-,13-/m0/s1. The number of halogens is 1. The van der Waals surface area contributed by atoms with Crippen molar-refractivity contribution in [3.05, 3.63) is 22.7 Å². The van der Waals surface area contributed by atoms with Crippen molar-refractivity contribution in [2.75, 3.05) is 19.5 Å². The van der Waals surface area contributed by atoms with E-state index >= 15 is 0 Å². The lowest BCUT2D eigenvalue weighted by atomic mass is 9.84. The van der Waals surface area contributed by atoms with E-state index in [1.807, 2.05) is 6.92 Å². The molecule has 0 aromatic heterocycles. The number of nitrogen functional groups attached to an aromatic ring is 1. The second-order valence-corrected chi connectivity index (χ2v) is 7.75. The average Bonchev–Trinajstić information content (AvgIpc) is 3.25. The summed E-state index contributed by atoms with van der Waals surface area (Å²) in [7, 11) is 1.42. The largest absolute Gasteiger partial charge is 0.496 e. The first-order valence-electron chi connectivity index (χ1n) is 8.98. The number of nitrogens with one attached hydrogen (secondary N) is 1. The van der Waals surface area contributed by atoms with E-state index in [0.717, 1.165) is 11.8 Å². The van der Waals surface area contributed by atoms with E-state index in [9.17, 15) is 9.59 Å². The molecular weight excluding hydrogens is 356 g/mol. The quantitative estimate of drug-likeness (QED) is 0.584. The van der Waals surface area contributed by atoms with Crippen LogP contribution in [0.2, 0.25) is 5.02 Å². The molecule has 0 spiro atoms. The number of esters is 1. The molecule has 2 bridgehead atoms. The molecule has 3 N–H and O–H groups in total. The number of methoxy groups -OCH3 is 1. The number of fused-ring (bicyclic) bond motifs is 2. The highest BCUT2D eigenvalue weighted by molar-refractivity contribution is 6.33. The first kappa shape index (κ1) is 18.8. The zero-order chi connectivity index (χ0) is 18.8. The molecule has 0 aliphatic heterocycles. The van der Waals surface area contributed by atoms with Gasteiger partial charge in [0, 0.05) is 12.1 Å². The topological polar surface area (TPSA) is 90.7 Å². The Hall–Kier alpha value is -1.95. The maximum Gasteiger partial charge on any atom is 0.342 e. The van der Waals surface area contributed by atoms with Crippen LogP contribution in [0.15, 0.2) is 12.1 Å². The van der Waals surface area contributed by atoms with Crippen LogP contribution in [0.4, 0.5) is 5.69 Å². The molecule has 0 radical (unpaired) electrons. The number of hydrogen-bond donors (Lipinski definition) is 2. The summed E-state index contributed by atoms with van der Waals surface area (Å²) in [6, 6.07) is 2.93. The Kier molecular flexibility index (Phi) is 5.61. The van der Waals surface area contributed by atoms with Gasteiger partial charge in [-0.25, -0.2) is 4.79 Å². The zero-order valence-electron chi connectivity index (χ0n) is 15.1. The van der Waals surface area contributed by atoms with Crippen molar-refractivity contribution in [2.45, 2.75) is 38.6 Å². The lowest BCUT2D eigenvalue weighted by Crippen LogP contribution is -2.42. The van der Waals surface area contributed by atoms with Crippen molar-refractivity contribution in [3.63, 3.8) is 0 Å². The number of hydrogen-bond acceptors (Lipinski definition) is 5. The number of amides is 1. The van der Waals surface area contributed by atoms with E-state index in [2.05, 4.69) is 5.32 Å². The van der Waals surface area contributed by atoms with Crippen LogP contribution in [-0.2, 0) is 9.53 Å². The molecule has 142 valence electrons. The average molecular weight is 381 g/mol. The third kappa shape index (κ3) is 3.90. The molecule has 4 atom stereocenters. The van der Waals surface area contributed by atoms with Gasteiger partial charge < -0.3 is 20.5 Å². The highest BCUT2D eigenvalue weighted by atomic mass is 35.5. The smallest absolute Gasteiger partial charge is 0.342 e.